The Morgan fingerprint density at radius 3 is 2.57 bits per heavy atom. The molecule has 0 spiro atoms. The summed E-state index contributed by atoms with van der Waals surface area (Å²) in [7, 11) is 0. The van der Waals surface area contributed by atoms with Gasteiger partial charge in [0.05, 0.1) is 0 Å². The van der Waals surface area contributed by atoms with Gasteiger partial charge < -0.3 is 5.32 Å². The van der Waals surface area contributed by atoms with E-state index in [9.17, 15) is 4.79 Å². The monoisotopic (exact) mass is 328 g/mol. The van der Waals surface area contributed by atoms with Crippen LogP contribution < -0.4 is 5.32 Å². The molecule has 0 aromatic heterocycles. The van der Waals surface area contributed by atoms with Crippen molar-refractivity contribution in [2.45, 2.75) is 39.0 Å². The second-order valence-electron chi connectivity index (χ2n) is 6.07. The molecule has 1 aliphatic heterocycles. The molecule has 3 nitrogen and oxygen atoms in total. The Bertz CT molecular complexity index is 511. The minimum atomic E-state index is -0.353. The number of carbonyl (C=O) groups excluding carboxylic acids is 1. The molecule has 21 heavy (non-hydrogen) atoms. The molecule has 0 radical (unpaired) electrons. The predicted octanol–water partition coefficient (Wildman–Crippen LogP) is 4.27. The molecule has 1 N–H and O–H groups in total. The molecule has 2 atom stereocenters. The molecule has 0 aliphatic carbocycles. The van der Waals surface area contributed by atoms with E-state index in [4.69, 9.17) is 23.6 Å². The molecule has 2 unspecified atom stereocenters. The van der Waals surface area contributed by atoms with Crippen molar-refractivity contribution in [3.8, 4) is 0 Å². The van der Waals surface area contributed by atoms with Crippen LogP contribution in [0, 0.1) is 5.92 Å². The van der Waals surface area contributed by atoms with E-state index in [0.717, 1.165) is 25.1 Å². The van der Waals surface area contributed by atoms with Crippen molar-refractivity contribution in [1.82, 2.24) is 9.25 Å². The van der Waals surface area contributed by atoms with Crippen LogP contribution >= 0.6 is 23.6 Å². The van der Waals surface area contributed by atoms with E-state index in [1.54, 1.807) is 0 Å². The van der Waals surface area contributed by atoms with Crippen LogP contribution in [0.15, 0.2) is 18.2 Å². The van der Waals surface area contributed by atoms with E-state index in [1.807, 2.05) is 12.1 Å². The molecule has 0 saturated carbocycles. The highest BCUT2D eigenvalue weighted by Gasteiger charge is 2.28. The van der Waals surface area contributed by atoms with Crippen molar-refractivity contribution < 1.29 is 4.79 Å². The van der Waals surface area contributed by atoms with Crippen LogP contribution in [0.2, 0.25) is 0 Å². The van der Waals surface area contributed by atoms with Crippen LogP contribution in [0.4, 0.5) is 0 Å². The summed E-state index contributed by atoms with van der Waals surface area (Å²) in [6.07, 6.45) is 1.10. The third-order valence-electron chi connectivity index (χ3n) is 4.48. The average molecular weight is 329 g/mol. The maximum Gasteiger partial charge on any atom is 0.283 e. The number of amides is 1. The molecule has 1 aliphatic rings. The van der Waals surface area contributed by atoms with Crippen LogP contribution in [-0.2, 0) is 0 Å². The highest BCUT2D eigenvalue weighted by molar-refractivity contribution is 6.43. The van der Waals surface area contributed by atoms with Crippen molar-refractivity contribution in [3.63, 3.8) is 0 Å². The third-order valence-corrected chi connectivity index (χ3v) is 4.79. The highest BCUT2D eigenvalue weighted by Crippen LogP contribution is 2.36. The molecule has 1 heterocycles. The first-order valence-corrected chi connectivity index (χ1v) is 8.10. The Kier molecular flexibility index (Phi) is 5.53. The zero-order valence-corrected chi connectivity index (χ0v) is 14.2. The van der Waals surface area contributed by atoms with Gasteiger partial charge in [0.25, 0.3) is 5.91 Å². The highest BCUT2D eigenvalue weighted by atomic mass is 35.5. The maximum absolute atomic E-state index is 12.3. The molecular formula is C16H22Cl2N2O. The fraction of sp³-hybridized carbons (Fsp3) is 0.562. The zero-order chi connectivity index (χ0) is 15.6. The first-order chi connectivity index (χ1) is 9.93. The molecule has 1 aromatic carbocycles. The van der Waals surface area contributed by atoms with Crippen molar-refractivity contribution >= 4 is 29.5 Å². The van der Waals surface area contributed by atoms with Gasteiger partial charge in [0.2, 0.25) is 0 Å². The van der Waals surface area contributed by atoms with Crippen molar-refractivity contribution in [1.29, 1.82) is 0 Å². The summed E-state index contributed by atoms with van der Waals surface area (Å²) in [5, 5.41) is 3.39. The second-order valence-corrected chi connectivity index (χ2v) is 6.92. The predicted molar refractivity (Wildman–Crippen MR) is 87.8 cm³/mol. The maximum atomic E-state index is 12.3. The Balaban J connectivity index is 2.54. The first kappa shape index (κ1) is 16.6. The number of nitrogens with one attached hydrogen (secondary N) is 1. The van der Waals surface area contributed by atoms with Crippen LogP contribution in [0.3, 0.4) is 0 Å². The van der Waals surface area contributed by atoms with Gasteiger partial charge in [-0.3, -0.25) is 4.79 Å². The summed E-state index contributed by atoms with van der Waals surface area (Å²) in [6, 6.07) is 5.88. The van der Waals surface area contributed by atoms with Gasteiger partial charge >= 0.3 is 0 Å². The quantitative estimate of drug-likeness (QED) is 0.837. The minimum absolute atomic E-state index is 0.272. The molecule has 5 heteroatoms. The lowest BCUT2D eigenvalue weighted by atomic mass is 9.80. The summed E-state index contributed by atoms with van der Waals surface area (Å²) in [5.41, 5.74) is 2.96. The third kappa shape index (κ3) is 3.53. The molecule has 1 saturated heterocycles. The SMILES string of the molecule is CC(C)C(C)c1c(C(=O)N(Cl)Cl)cccc1C1CCNC1. The summed E-state index contributed by atoms with van der Waals surface area (Å²) in [4.78, 5) is 12.3. The van der Waals surface area contributed by atoms with Crippen molar-refractivity contribution in [2.24, 2.45) is 5.92 Å². The van der Waals surface area contributed by atoms with Crippen LogP contribution in [0.1, 0.15) is 60.5 Å². The molecule has 1 fully saturated rings. The standard InChI is InChI=1S/C16H22Cl2N2O/c1-10(2)11(3)15-13(12-7-8-19-9-12)5-4-6-14(15)16(21)20(17)18/h4-6,10-12,19H,7-9H2,1-3H3. The molecular weight excluding hydrogens is 307 g/mol. The topological polar surface area (TPSA) is 32.3 Å². The number of rotatable bonds is 4. The smallest absolute Gasteiger partial charge is 0.283 e. The number of nitrogens with zero attached hydrogens (tertiary/aromatic N) is 1. The van der Waals surface area contributed by atoms with Gasteiger partial charge in [0, 0.05) is 35.7 Å². The number of hydrogen-bond acceptors (Lipinski definition) is 2. The second kappa shape index (κ2) is 6.99. The zero-order valence-electron chi connectivity index (χ0n) is 12.7. The number of carbonyl (C=O) groups is 1. The van der Waals surface area contributed by atoms with E-state index in [1.165, 1.54) is 5.56 Å². The van der Waals surface area contributed by atoms with Crippen molar-refractivity contribution in [3.05, 3.63) is 34.9 Å². The van der Waals surface area contributed by atoms with Crippen LogP contribution in [0.25, 0.3) is 0 Å². The lowest BCUT2D eigenvalue weighted by Crippen LogP contribution is -2.20. The fourth-order valence-electron chi connectivity index (χ4n) is 2.98. The molecule has 116 valence electrons. The van der Waals surface area contributed by atoms with Gasteiger partial charge in [-0.1, -0.05) is 32.9 Å². The largest absolute Gasteiger partial charge is 0.316 e. The van der Waals surface area contributed by atoms with Gasteiger partial charge in [0.15, 0.2) is 0 Å². The number of halogens is 2. The van der Waals surface area contributed by atoms with Crippen LogP contribution in [0.5, 0.6) is 0 Å². The lowest BCUT2D eigenvalue weighted by Gasteiger charge is -2.25. The Hall–Kier alpha value is -0.770. The molecule has 1 amide bonds. The summed E-state index contributed by atoms with van der Waals surface area (Å²) < 4.78 is 0.628. The van der Waals surface area contributed by atoms with Gasteiger partial charge in [-0.25, -0.2) is 0 Å². The number of hydrogen-bond donors (Lipinski definition) is 1. The first-order valence-electron chi connectivity index (χ1n) is 7.43. The Labute approximate surface area is 136 Å². The normalized spacial score (nSPS) is 19.8. The van der Waals surface area contributed by atoms with Gasteiger partial charge in [-0.2, -0.15) is 3.94 Å². The number of benzene rings is 1. The molecule has 0 bridgehead atoms. The van der Waals surface area contributed by atoms with Gasteiger partial charge in [-0.05, 0) is 47.9 Å². The van der Waals surface area contributed by atoms with E-state index in [-0.39, 0.29) is 11.8 Å². The van der Waals surface area contributed by atoms with Crippen LogP contribution in [-0.4, -0.2) is 22.9 Å². The van der Waals surface area contributed by atoms with E-state index >= 15 is 0 Å². The Morgan fingerprint density at radius 1 is 1.33 bits per heavy atom. The van der Waals surface area contributed by atoms with Gasteiger partial charge in [0.1, 0.15) is 0 Å². The molecule has 1 aromatic rings. The molecule has 2 rings (SSSR count). The Morgan fingerprint density at radius 2 is 2.05 bits per heavy atom. The van der Waals surface area contributed by atoms with Gasteiger partial charge in [-0.15, -0.1) is 0 Å². The fourth-order valence-corrected chi connectivity index (χ4v) is 3.16. The lowest BCUT2D eigenvalue weighted by molar-refractivity contribution is 0.0922. The van der Waals surface area contributed by atoms with E-state index < -0.39 is 0 Å². The summed E-state index contributed by atoms with van der Waals surface area (Å²) >= 11 is 11.3. The summed E-state index contributed by atoms with van der Waals surface area (Å²) in [5.74, 6) is 0.807. The van der Waals surface area contributed by atoms with E-state index in [0.29, 0.717) is 21.3 Å². The summed E-state index contributed by atoms with van der Waals surface area (Å²) in [6.45, 7) is 8.48. The van der Waals surface area contributed by atoms with Crippen molar-refractivity contribution in [2.75, 3.05) is 13.1 Å². The average Bonchev–Trinajstić information content (AvgIpc) is 2.98. The van der Waals surface area contributed by atoms with E-state index in [2.05, 4.69) is 32.2 Å². The minimum Gasteiger partial charge on any atom is -0.316 e.